The van der Waals surface area contributed by atoms with Gasteiger partial charge >= 0.3 is 0 Å². The Morgan fingerprint density at radius 3 is 2.50 bits per heavy atom. The molecule has 2 aliphatic carbocycles. The van der Waals surface area contributed by atoms with E-state index < -0.39 is 0 Å². The summed E-state index contributed by atoms with van der Waals surface area (Å²) in [5, 5.41) is 8.00. The van der Waals surface area contributed by atoms with E-state index in [1.807, 2.05) is 7.05 Å². The molecule has 0 aliphatic heterocycles. The summed E-state index contributed by atoms with van der Waals surface area (Å²) >= 11 is 1.74. The van der Waals surface area contributed by atoms with E-state index in [-0.39, 0.29) is 0 Å². The van der Waals surface area contributed by atoms with Gasteiger partial charge in [0.05, 0.1) is 5.39 Å². The molecule has 2 aromatic heterocycles. The minimum Gasteiger partial charge on any atom is -0.366 e. The molecule has 2 aromatic rings. The van der Waals surface area contributed by atoms with E-state index in [1.165, 1.54) is 35.9 Å². The number of nitrogens with one attached hydrogen (secondary N) is 2. The normalized spacial score (nSPS) is 18.8. The van der Waals surface area contributed by atoms with Crippen LogP contribution in [0.1, 0.15) is 30.6 Å². The number of anilines is 2. The summed E-state index contributed by atoms with van der Waals surface area (Å²) in [4.78, 5) is 11.6. The lowest BCUT2D eigenvalue weighted by molar-refractivity contribution is 0.566. The quantitative estimate of drug-likeness (QED) is 0.882. The molecule has 20 heavy (non-hydrogen) atoms. The number of hydrogen-bond donors (Lipinski definition) is 2. The van der Waals surface area contributed by atoms with Crippen molar-refractivity contribution in [2.45, 2.75) is 38.6 Å². The molecule has 4 nitrogen and oxygen atoms in total. The van der Waals surface area contributed by atoms with E-state index in [4.69, 9.17) is 0 Å². The number of hydrogen-bond acceptors (Lipinski definition) is 5. The molecule has 2 N–H and O–H groups in total. The van der Waals surface area contributed by atoms with E-state index in [0.717, 1.165) is 22.5 Å². The molecule has 0 saturated heterocycles. The molecule has 2 aliphatic rings. The van der Waals surface area contributed by atoms with Crippen LogP contribution in [-0.4, -0.2) is 23.1 Å². The smallest absolute Gasteiger partial charge is 0.225 e. The van der Waals surface area contributed by atoms with Gasteiger partial charge in [0.25, 0.3) is 0 Å². The Kier molecular flexibility index (Phi) is 2.84. The van der Waals surface area contributed by atoms with Crippen LogP contribution in [0.3, 0.4) is 0 Å². The second-order valence-corrected chi connectivity index (χ2v) is 7.30. The van der Waals surface area contributed by atoms with Crippen molar-refractivity contribution < 1.29 is 0 Å². The molecule has 2 saturated carbocycles. The van der Waals surface area contributed by atoms with Crippen molar-refractivity contribution in [1.82, 2.24) is 9.97 Å². The predicted octanol–water partition coefficient (Wildman–Crippen LogP) is 3.64. The minimum atomic E-state index is 0.623. The van der Waals surface area contributed by atoms with Gasteiger partial charge in [-0.1, -0.05) is 0 Å². The standard InChI is InChI=1S/C15H20N4S/c1-8-7-11-13(18-15(16-2)19-14(11)20-8)17-12(9-3-4-9)10-5-6-10/h7,9-10,12H,3-6H2,1-2H3,(H2,16,17,18,19). The zero-order chi connectivity index (χ0) is 13.7. The second kappa shape index (κ2) is 4.58. The SMILES string of the molecule is CNc1nc(NC(C2CC2)C2CC2)c2cc(C)sc2n1. The molecule has 4 rings (SSSR count). The summed E-state index contributed by atoms with van der Waals surface area (Å²) < 4.78 is 0. The van der Waals surface area contributed by atoms with Gasteiger partial charge in [0.2, 0.25) is 5.95 Å². The van der Waals surface area contributed by atoms with Crippen molar-refractivity contribution in [3.05, 3.63) is 10.9 Å². The van der Waals surface area contributed by atoms with E-state index in [9.17, 15) is 0 Å². The Morgan fingerprint density at radius 1 is 1.20 bits per heavy atom. The molecule has 0 aromatic carbocycles. The molecule has 0 spiro atoms. The topological polar surface area (TPSA) is 49.8 Å². The number of thiophene rings is 1. The molecule has 2 heterocycles. The molecule has 5 heteroatoms. The Labute approximate surface area is 123 Å². The second-order valence-electron chi connectivity index (χ2n) is 6.07. The van der Waals surface area contributed by atoms with Crippen LogP contribution in [0.2, 0.25) is 0 Å². The highest BCUT2D eigenvalue weighted by atomic mass is 32.1. The van der Waals surface area contributed by atoms with Gasteiger partial charge in [-0.3, -0.25) is 0 Å². The Bertz CT molecular complexity index is 631. The van der Waals surface area contributed by atoms with Crippen LogP contribution >= 0.6 is 11.3 Å². The van der Waals surface area contributed by atoms with Gasteiger partial charge in [-0.2, -0.15) is 4.98 Å². The third-order valence-corrected chi connectivity index (χ3v) is 5.25. The molecular formula is C15H20N4S. The fourth-order valence-corrected chi connectivity index (χ4v) is 3.83. The van der Waals surface area contributed by atoms with Gasteiger partial charge in [-0.15, -0.1) is 11.3 Å². The van der Waals surface area contributed by atoms with Crippen molar-refractivity contribution >= 4 is 33.3 Å². The fourth-order valence-electron chi connectivity index (χ4n) is 2.95. The summed E-state index contributed by atoms with van der Waals surface area (Å²) in [5.74, 6) is 3.47. The van der Waals surface area contributed by atoms with Crippen LogP contribution in [0.25, 0.3) is 10.2 Å². The molecular weight excluding hydrogens is 268 g/mol. The van der Waals surface area contributed by atoms with Gasteiger partial charge in [-0.05, 0) is 50.5 Å². The van der Waals surface area contributed by atoms with Crippen molar-refractivity contribution in [2.24, 2.45) is 11.8 Å². The van der Waals surface area contributed by atoms with E-state index >= 15 is 0 Å². The molecule has 0 amide bonds. The van der Waals surface area contributed by atoms with Crippen molar-refractivity contribution in [3.63, 3.8) is 0 Å². The monoisotopic (exact) mass is 288 g/mol. The predicted molar refractivity (Wildman–Crippen MR) is 84.6 cm³/mol. The van der Waals surface area contributed by atoms with Crippen molar-refractivity contribution in [2.75, 3.05) is 17.7 Å². The van der Waals surface area contributed by atoms with Crippen LogP contribution < -0.4 is 10.6 Å². The maximum absolute atomic E-state index is 4.67. The Morgan fingerprint density at radius 2 is 1.90 bits per heavy atom. The zero-order valence-electron chi connectivity index (χ0n) is 11.9. The lowest BCUT2D eigenvalue weighted by Gasteiger charge is -2.19. The number of fused-ring (bicyclic) bond motifs is 1. The number of nitrogens with zero attached hydrogens (tertiary/aromatic N) is 2. The van der Waals surface area contributed by atoms with Gasteiger partial charge in [-0.25, -0.2) is 4.98 Å². The third-order valence-electron chi connectivity index (χ3n) is 4.30. The number of aromatic nitrogens is 2. The molecule has 0 unspecified atom stereocenters. The van der Waals surface area contributed by atoms with Crippen molar-refractivity contribution in [3.8, 4) is 0 Å². The Hall–Kier alpha value is -1.36. The first-order valence-electron chi connectivity index (χ1n) is 7.47. The van der Waals surface area contributed by atoms with Gasteiger partial charge in [0.15, 0.2) is 0 Å². The Balaban J connectivity index is 1.72. The lowest BCUT2D eigenvalue weighted by Crippen LogP contribution is -2.25. The highest BCUT2D eigenvalue weighted by molar-refractivity contribution is 7.18. The first kappa shape index (κ1) is 12.4. The van der Waals surface area contributed by atoms with Gasteiger partial charge in [0.1, 0.15) is 10.6 Å². The van der Waals surface area contributed by atoms with Gasteiger partial charge < -0.3 is 10.6 Å². The van der Waals surface area contributed by atoms with E-state index in [0.29, 0.717) is 12.0 Å². The maximum Gasteiger partial charge on any atom is 0.225 e. The third kappa shape index (κ3) is 2.24. The average Bonchev–Trinajstić information content (AvgIpc) is 3.33. The van der Waals surface area contributed by atoms with Crippen LogP contribution in [0.5, 0.6) is 0 Å². The zero-order valence-corrected chi connectivity index (χ0v) is 12.8. The largest absolute Gasteiger partial charge is 0.366 e. The first-order valence-corrected chi connectivity index (χ1v) is 8.28. The van der Waals surface area contributed by atoms with Crippen LogP contribution in [0, 0.1) is 18.8 Å². The van der Waals surface area contributed by atoms with Crippen LogP contribution in [0.4, 0.5) is 11.8 Å². The highest BCUT2D eigenvalue weighted by Gasteiger charge is 2.41. The molecule has 0 radical (unpaired) electrons. The molecule has 2 fully saturated rings. The van der Waals surface area contributed by atoms with Crippen molar-refractivity contribution in [1.29, 1.82) is 0 Å². The summed E-state index contributed by atoms with van der Waals surface area (Å²) in [6.45, 7) is 2.13. The van der Waals surface area contributed by atoms with E-state index in [1.54, 1.807) is 11.3 Å². The summed E-state index contributed by atoms with van der Waals surface area (Å²) in [6.07, 6.45) is 5.52. The maximum atomic E-state index is 4.67. The molecule has 0 bridgehead atoms. The number of rotatable bonds is 5. The first-order chi connectivity index (χ1) is 9.74. The lowest BCUT2D eigenvalue weighted by atomic mass is 10.1. The highest BCUT2D eigenvalue weighted by Crippen LogP contribution is 2.46. The van der Waals surface area contributed by atoms with Crippen LogP contribution in [0.15, 0.2) is 6.07 Å². The summed E-state index contributed by atoms with van der Waals surface area (Å²) in [5.41, 5.74) is 0. The number of aryl methyl sites for hydroxylation is 1. The average molecular weight is 288 g/mol. The van der Waals surface area contributed by atoms with E-state index in [2.05, 4.69) is 33.6 Å². The van der Waals surface area contributed by atoms with Gasteiger partial charge in [0, 0.05) is 18.0 Å². The summed E-state index contributed by atoms with van der Waals surface area (Å²) in [6, 6.07) is 2.83. The minimum absolute atomic E-state index is 0.623. The summed E-state index contributed by atoms with van der Waals surface area (Å²) in [7, 11) is 1.88. The fraction of sp³-hybridized carbons (Fsp3) is 0.600. The molecule has 0 atom stereocenters. The van der Waals surface area contributed by atoms with Crippen LogP contribution in [-0.2, 0) is 0 Å². The molecule has 106 valence electrons.